The second-order valence-corrected chi connectivity index (χ2v) is 5.57. The lowest BCUT2D eigenvalue weighted by Gasteiger charge is -2.25. The van der Waals surface area contributed by atoms with Gasteiger partial charge in [-0.1, -0.05) is 19.1 Å². The van der Waals surface area contributed by atoms with E-state index in [1.165, 1.54) is 0 Å². The molecule has 1 aromatic carbocycles. The number of fused-ring (bicyclic) bond motifs is 2. The number of H-pyrrole nitrogens is 1. The number of para-hydroxylation sites is 2. The Morgan fingerprint density at radius 1 is 1.42 bits per heavy atom. The number of aryl methyl sites for hydroxylation is 2. The lowest BCUT2D eigenvalue weighted by molar-refractivity contribution is -0.125. The first-order valence-corrected chi connectivity index (χ1v) is 7.76. The Labute approximate surface area is 137 Å². The van der Waals surface area contributed by atoms with Crippen molar-refractivity contribution in [3.8, 4) is 11.5 Å². The smallest absolute Gasteiger partial charge is 0.270 e. The molecule has 0 radical (unpaired) electrons. The molecule has 0 fully saturated rings. The number of aromatic nitrogens is 4. The Morgan fingerprint density at radius 2 is 2.21 bits per heavy atom. The normalized spacial score (nSPS) is 16.3. The molecule has 8 nitrogen and oxygen atoms in total. The van der Waals surface area contributed by atoms with Crippen molar-refractivity contribution in [1.29, 1.82) is 0 Å². The van der Waals surface area contributed by atoms with E-state index >= 15 is 0 Å². The van der Waals surface area contributed by atoms with Crippen molar-refractivity contribution in [1.82, 2.24) is 20.0 Å². The van der Waals surface area contributed by atoms with Gasteiger partial charge in [-0.25, -0.2) is 4.68 Å². The summed E-state index contributed by atoms with van der Waals surface area (Å²) in [4.78, 5) is 12.5. The average molecular weight is 327 g/mol. The third kappa shape index (κ3) is 2.27. The molecular formula is C16H17N5O3. The van der Waals surface area contributed by atoms with Gasteiger partial charge in [0.05, 0.1) is 11.1 Å². The monoisotopic (exact) mass is 327 g/mol. The molecule has 2 aromatic heterocycles. The van der Waals surface area contributed by atoms with Crippen LogP contribution in [0.1, 0.15) is 12.6 Å². The number of nitrogens with one attached hydrogen (secondary N) is 2. The predicted octanol–water partition coefficient (Wildman–Crippen LogP) is 1.64. The maximum atomic E-state index is 12.5. The highest BCUT2D eigenvalue weighted by Crippen LogP contribution is 2.31. The molecule has 0 bridgehead atoms. The molecule has 4 rings (SSSR count). The Kier molecular flexibility index (Phi) is 3.37. The summed E-state index contributed by atoms with van der Waals surface area (Å²) in [6, 6.07) is 7.28. The summed E-state index contributed by atoms with van der Waals surface area (Å²) in [7, 11) is 1.82. The van der Waals surface area contributed by atoms with Gasteiger partial charge in [0.2, 0.25) is 6.10 Å². The molecule has 1 unspecified atom stereocenters. The number of carbonyl (C=O) groups is 1. The van der Waals surface area contributed by atoms with Gasteiger partial charge in [-0.05, 0) is 18.6 Å². The van der Waals surface area contributed by atoms with E-state index in [0.717, 1.165) is 17.5 Å². The first-order chi connectivity index (χ1) is 11.7. The Hall–Kier alpha value is -3.03. The van der Waals surface area contributed by atoms with Crippen molar-refractivity contribution in [2.45, 2.75) is 19.4 Å². The van der Waals surface area contributed by atoms with Crippen LogP contribution in [0.5, 0.6) is 11.5 Å². The van der Waals surface area contributed by atoms with Gasteiger partial charge in [0, 0.05) is 7.05 Å². The second kappa shape index (κ2) is 5.55. The number of anilines is 1. The number of benzene rings is 1. The number of nitrogens with zero attached hydrogens (tertiary/aromatic N) is 3. The number of hydrogen-bond acceptors (Lipinski definition) is 5. The summed E-state index contributed by atoms with van der Waals surface area (Å²) >= 11 is 0. The number of aromatic amines is 1. The highest BCUT2D eigenvalue weighted by atomic mass is 16.6. The fourth-order valence-corrected chi connectivity index (χ4v) is 2.81. The van der Waals surface area contributed by atoms with E-state index in [0.29, 0.717) is 23.0 Å². The van der Waals surface area contributed by atoms with Crippen LogP contribution in [0, 0.1) is 0 Å². The lowest BCUT2D eigenvalue weighted by Crippen LogP contribution is -2.40. The molecule has 2 N–H and O–H groups in total. The molecule has 0 spiro atoms. The van der Waals surface area contributed by atoms with Gasteiger partial charge in [0.15, 0.2) is 17.1 Å². The van der Waals surface area contributed by atoms with Gasteiger partial charge in [0.25, 0.3) is 5.91 Å². The summed E-state index contributed by atoms with van der Waals surface area (Å²) in [5.74, 6) is 1.45. The minimum absolute atomic E-state index is 0.161. The first kappa shape index (κ1) is 14.6. The minimum Gasteiger partial charge on any atom is -0.485 e. The second-order valence-electron chi connectivity index (χ2n) is 5.57. The van der Waals surface area contributed by atoms with Crippen molar-refractivity contribution in [2.24, 2.45) is 7.05 Å². The van der Waals surface area contributed by atoms with Crippen molar-refractivity contribution in [2.75, 3.05) is 11.9 Å². The molecule has 8 heteroatoms. The van der Waals surface area contributed by atoms with Gasteiger partial charge >= 0.3 is 0 Å². The summed E-state index contributed by atoms with van der Waals surface area (Å²) < 4.78 is 13.0. The largest absolute Gasteiger partial charge is 0.485 e. The molecule has 1 amide bonds. The maximum Gasteiger partial charge on any atom is 0.270 e. The van der Waals surface area contributed by atoms with Gasteiger partial charge in [0.1, 0.15) is 12.4 Å². The van der Waals surface area contributed by atoms with Crippen LogP contribution in [0.15, 0.2) is 24.3 Å². The van der Waals surface area contributed by atoms with Crippen LogP contribution in [0.3, 0.4) is 0 Å². The Morgan fingerprint density at radius 3 is 3.00 bits per heavy atom. The quantitative estimate of drug-likeness (QED) is 0.762. The van der Waals surface area contributed by atoms with Gasteiger partial charge in [-0.15, -0.1) is 0 Å². The van der Waals surface area contributed by atoms with E-state index in [4.69, 9.17) is 9.47 Å². The van der Waals surface area contributed by atoms with E-state index in [1.54, 1.807) is 10.7 Å². The average Bonchev–Trinajstić information content (AvgIpc) is 3.16. The topological polar surface area (TPSA) is 94.1 Å². The highest BCUT2D eigenvalue weighted by molar-refractivity contribution is 6.01. The minimum atomic E-state index is -0.722. The van der Waals surface area contributed by atoms with Crippen molar-refractivity contribution >= 4 is 22.8 Å². The molecule has 1 aliphatic rings. The first-order valence-electron chi connectivity index (χ1n) is 7.76. The standard InChI is InChI=1S/C16H17N5O3/c1-3-9-13-14(18-19-15(13)21(2)20-9)17-16(22)12-8-23-10-6-4-5-7-11(10)24-12/h4-7,12H,3,8H2,1-2H3,(H2,17,18,19,22). The molecule has 124 valence electrons. The van der Waals surface area contributed by atoms with Crippen molar-refractivity contribution in [3.05, 3.63) is 30.0 Å². The molecule has 3 heterocycles. The zero-order valence-corrected chi connectivity index (χ0v) is 13.4. The number of amides is 1. The Bertz CT molecular complexity index is 914. The zero-order chi connectivity index (χ0) is 16.7. The molecule has 0 aliphatic carbocycles. The van der Waals surface area contributed by atoms with Crippen LogP contribution >= 0.6 is 0 Å². The van der Waals surface area contributed by atoms with Gasteiger partial charge in [-0.2, -0.15) is 10.2 Å². The maximum absolute atomic E-state index is 12.5. The van der Waals surface area contributed by atoms with Crippen molar-refractivity contribution < 1.29 is 14.3 Å². The molecule has 1 atom stereocenters. The molecular weight excluding hydrogens is 310 g/mol. The number of rotatable bonds is 3. The predicted molar refractivity (Wildman–Crippen MR) is 87.2 cm³/mol. The summed E-state index contributed by atoms with van der Waals surface area (Å²) in [6.07, 6.45) is 0.0240. The van der Waals surface area contributed by atoms with Crippen LogP contribution in [-0.2, 0) is 18.3 Å². The van der Waals surface area contributed by atoms with E-state index in [9.17, 15) is 4.79 Å². The molecule has 24 heavy (non-hydrogen) atoms. The zero-order valence-electron chi connectivity index (χ0n) is 13.4. The number of hydrogen-bond donors (Lipinski definition) is 2. The summed E-state index contributed by atoms with van der Waals surface area (Å²) in [6.45, 7) is 2.17. The van der Waals surface area contributed by atoms with Gasteiger partial charge in [-0.3, -0.25) is 9.89 Å². The molecule has 0 saturated heterocycles. The fraction of sp³-hybridized carbons (Fsp3) is 0.312. The van der Waals surface area contributed by atoms with E-state index < -0.39 is 6.10 Å². The summed E-state index contributed by atoms with van der Waals surface area (Å²) in [5, 5.41) is 15.1. The van der Waals surface area contributed by atoms with Crippen LogP contribution < -0.4 is 14.8 Å². The molecule has 0 saturated carbocycles. The van der Waals surface area contributed by atoms with Crippen LogP contribution in [-0.4, -0.2) is 38.6 Å². The van der Waals surface area contributed by atoms with E-state index in [-0.39, 0.29) is 12.5 Å². The number of ether oxygens (including phenoxy) is 2. The van der Waals surface area contributed by atoms with Gasteiger partial charge < -0.3 is 14.8 Å². The third-order valence-corrected chi connectivity index (χ3v) is 4.00. The van der Waals surface area contributed by atoms with Crippen molar-refractivity contribution in [3.63, 3.8) is 0 Å². The third-order valence-electron chi connectivity index (χ3n) is 4.00. The SMILES string of the molecule is CCc1nn(C)c2n[nH]c(NC(=O)C3COc4ccccc4O3)c12. The highest BCUT2D eigenvalue weighted by Gasteiger charge is 2.28. The van der Waals surface area contributed by atoms with E-state index in [1.807, 2.05) is 32.2 Å². The molecule has 3 aromatic rings. The van der Waals surface area contributed by atoms with Crippen LogP contribution in [0.2, 0.25) is 0 Å². The number of carbonyl (C=O) groups excluding carboxylic acids is 1. The lowest BCUT2D eigenvalue weighted by atomic mass is 10.2. The van der Waals surface area contributed by atoms with E-state index in [2.05, 4.69) is 20.6 Å². The Balaban J connectivity index is 1.57. The van der Waals surface area contributed by atoms with Crippen LogP contribution in [0.4, 0.5) is 5.82 Å². The van der Waals surface area contributed by atoms with Crippen LogP contribution in [0.25, 0.3) is 11.0 Å². The molecule has 1 aliphatic heterocycles. The fourth-order valence-electron chi connectivity index (χ4n) is 2.81. The summed E-state index contributed by atoms with van der Waals surface area (Å²) in [5.41, 5.74) is 1.58.